The van der Waals surface area contributed by atoms with E-state index in [0.29, 0.717) is 31.7 Å². The topological polar surface area (TPSA) is 38.2 Å². The summed E-state index contributed by atoms with van der Waals surface area (Å²) < 4.78 is 55.5. The first kappa shape index (κ1) is 18.0. The fourth-order valence-corrected chi connectivity index (χ4v) is 2.62. The van der Waals surface area contributed by atoms with Crippen LogP contribution >= 0.6 is 0 Å². The van der Waals surface area contributed by atoms with Crippen molar-refractivity contribution in [2.45, 2.75) is 25.1 Å². The predicted octanol–water partition coefficient (Wildman–Crippen LogP) is 3.58. The minimum Gasteiger partial charge on any atom is -0.487 e. The van der Waals surface area contributed by atoms with Crippen molar-refractivity contribution in [3.63, 3.8) is 0 Å². The van der Waals surface area contributed by atoms with Crippen LogP contribution in [-0.2, 0) is 0 Å². The number of benzene rings is 1. The number of rotatable bonds is 3. The van der Waals surface area contributed by atoms with E-state index in [1.54, 1.807) is 24.3 Å². The van der Waals surface area contributed by atoms with Gasteiger partial charge in [-0.05, 0) is 30.2 Å². The van der Waals surface area contributed by atoms with Gasteiger partial charge in [0.25, 0.3) is 0 Å². The van der Waals surface area contributed by atoms with Crippen molar-refractivity contribution in [3.8, 4) is 17.6 Å². The van der Waals surface area contributed by atoms with Crippen LogP contribution in [0, 0.1) is 17.7 Å². The molecule has 2 aromatic rings. The quantitative estimate of drug-likeness (QED) is 0.616. The zero-order chi connectivity index (χ0) is 18.6. The van der Waals surface area contributed by atoms with Crippen LogP contribution in [0.15, 0.2) is 36.4 Å². The number of hydrogen-bond acceptors (Lipinski definition) is 4. The fraction of sp³-hybridized carbons (Fsp3) is 0.333. The number of piperidine rings is 1. The number of hydrogen-bond donors (Lipinski definition) is 0. The zero-order valence-corrected chi connectivity index (χ0v) is 13.6. The minimum atomic E-state index is -4.56. The average Bonchev–Trinajstić information content (AvgIpc) is 2.62. The molecule has 0 bridgehead atoms. The van der Waals surface area contributed by atoms with Crippen LogP contribution in [0.4, 0.5) is 23.4 Å². The van der Waals surface area contributed by atoms with Gasteiger partial charge in [-0.2, -0.15) is 13.2 Å². The Morgan fingerprint density at radius 3 is 2.38 bits per heavy atom. The lowest BCUT2D eigenvalue weighted by molar-refractivity contribution is -0.0696. The van der Waals surface area contributed by atoms with Gasteiger partial charge >= 0.3 is 6.18 Å². The summed E-state index contributed by atoms with van der Waals surface area (Å²) in [5.41, 5.74) is -0.0381. The van der Waals surface area contributed by atoms with Crippen molar-refractivity contribution in [2.75, 3.05) is 18.0 Å². The SMILES string of the molecule is Fc1ccccc1OC1CCN(c2ccc(C#CC(F)(F)F)nn2)CC1. The molecule has 0 radical (unpaired) electrons. The van der Waals surface area contributed by atoms with Crippen molar-refractivity contribution in [3.05, 3.63) is 47.9 Å². The van der Waals surface area contributed by atoms with Gasteiger partial charge in [0.15, 0.2) is 17.4 Å². The first-order valence-electron chi connectivity index (χ1n) is 8.00. The molecule has 26 heavy (non-hydrogen) atoms. The summed E-state index contributed by atoms with van der Waals surface area (Å²) in [6.45, 7) is 1.25. The molecule has 0 aliphatic carbocycles. The minimum absolute atomic E-state index is 0.0381. The number of alkyl halides is 3. The molecule has 8 heteroatoms. The van der Waals surface area contributed by atoms with Gasteiger partial charge in [0, 0.05) is 31.9 Å². The first-order chi connectivity index (χ1) is 12.4. The molecular formula is C18H15F4N3O. The summed E-state index contributed by atoms with van der Waals surface area (Å²) in [6.07, 6.45) is -3.31. The van der Waals surface area contributed by atoms with E-state index in [0.717, 1.165) is 5.92 Å². The molecule has 136 valence electrons. The molecule has 1 saturated heterocycles. The van der Waals surface area contributed by atoms with E-state index >= 15 is 0 Å². The Hall–Kier alpha value is -2.82. The van der Waals surface area contributed by atoms with Crippen LogP contribution in [0.3, 0.4) is 0 Å². The third kappa shape index (κ3) is 4.85. The second-order valence-electron chi connectivity index (χ2n) is 5.76. The van der Waals surface area contributed by atoms with Crippen LogP contribution in [0.1, 0.15) is 18.5 Å². The summed E-state index contributed by atoms with van der Waals surface area (Å²) in [5.74, 6) is 3.49. The molecule has 0 unspecified atom stereocenters. The molecule has 1 aliphatic rings. The molecule has 3 rings (SSSR count). The van der Waals surface area contributed by atoms with Crippen molar-refractivity contribution in [2.24, 2.45) is 0 Å². The maximum Gasteiger partial charge on any atom is 0.458 e. The summed E-state index contributed by atoms with van der Waals surface area (Å²) in [6, 6.07) is 9.25. The second kappa shape index (κ2) is 7.60. The monoisotopic (exact) mass is 365 g/mol. The van der Waals surface area contributed by atoms with E-state index in [1.165, 1.54) is 12.1 Å². The zero-order valence-electron chi connectivity index (χ0n) is 13.6. The van der Waals surface area contributed by atoms with Gasteiger partial charge in [0.2, 0.25) is 0 Å². The van der Waals surface area contributed by atoms with Crippen molar-refractivity contribution in [1.82, 2.24) is 10.2 Å². The molecule has 0 saturated carbocycles. The number of halogens is 4. The highest BCUT2D eigenvalue weighted by Crippen LogP contribution is 2.23. The summed E-state index contributed by atoms with van der Waals surface area (Å²) in [5, 5.41) is 7.64. The molecule has 1 fully saturated rings. The number of ether oxygens (including phenoxy) is 1. The predicted molar refractivity (Wildman–Crippen MR) is 87.2 cm³/mol. The molecular weight excluding hydrogens is 350 g/mol. The molecule has 0 spiro atoms. The summed E-state index contributed by atoms with van der Waals surface area (Å²) in [7, 11) is 0. The van der Waals surface area contributed by atoms with Crippen molar-refractivity contribution < 1.29 is 22.3 Å². The maximum atomic E-state index is 13.6. The van der Waals surface area contributed by atoms with E-state index < -0.39 is 12.0 Å². The molecule has 0 N–H and O–H groups in total. The Kier molecular flexibility index (Phi) is 5.26. The Morgan fingerprint density at radius 1 is 1.04 bits per heavy atom. The van der Waals surface area contributed by atoms with Crippen molar-refractivity contribution >= 4 is 5.82 Å². The van der Waals surface area contributed by atoms with E-state index in [2.05, 4.69) is 10.2 Å². The van der Waals surface area contributed by atoms with Gasteiger partial charge in [-0.3, -0.25) is 0 Å². The van der Waals surface area contributed by atoms with Gasteiger partial charge in [-0.15, -0.1) is 10.2 Å². The van der Waals surface area contributed by atoms with Crippen LogP contribution in [0.25, 0.3) is 0 Å². The highest BCUT2D eigenvalue weighted by molar-refractivity contribution is 5.40. The standard InChI is InChI=1S/C18H15F4N3O/c19-15-3-1-2-4-16(15)26-14-8-11-25(12-9-14)17-6-5-13(23-24-17)7-10-18(20,21)22/h1-6,14H,8-9,11-12H2. The van der Waals surface area contributed by atoms with Crippen LogP contribution in [0.2, 0.25) is 0 Å². The Bertz CT molecular complexity index is 804. The van der Waals surface area contributed by atoms with Crippen LogP contribution in [-0.4, -0.2) is 35.6 Å². The van der Waals surface area contributed by atoms with Gasteiger partial charge < -0.3 is 9.64 Å². The Balaban J connectivity index is 1.56. The molecule has 1 aromatic heterocycles. The third-order valence-electron chi connectivity index (χ3n) is 3.88. The number of aromatic nitrogens is 2. The lowest BCUT2D eigenvalue weighted by Crippen LogP contribution is -2.38. The first-order valence-corrected chi connectivity index (χ1v) is 8.00. The van der Waals surface area contributed by atoms with Gasteiger partial charge in [-0.25, -0.2) is 4.39 Å². The van der Waals surface area contributed by atoms with Gasteiger partial charge in [0.1, 0.15) is 11.8 Å². The molecule has 0 atom stereocenters. The molecule has 2 heterocycles. The Morgan fingerprint density at radius 2 is 1.77 bits per heavy atom. The fourth-order valence-electron chi connectivity index (χ4n) is 2.62. The average molecular weight is 365 g/mol. The van der Waals surface area contributed by atoms with E-state index in [-0.39, 0.29) is 17.5 Å². The highest BCUT2D eigenvalue weighted by Gasteiger charge is 2.24. The maximum absolute atomic E-state index is 13.6. The third-order valence-corrected chi connectivity index (χ3v) is 3.88. The number of para-hydroxylation sites is 1. The molecule has 0 amide bonds. The molecule has 1 aliphatic heterocycles. The molecule has 1 aromatic carbocycles. The lowest BCUT2D eigenvalue weighted by atomic mass is 10.1. The highest BCUT2D eigenvalue weighted by atomic mass is 19.4. The van der Waals surface area contributed by atoms with Crippen LogP contribution in [0.5, 0.6) is 5.75 Å². The number of anilines is 1. The second-order valence-corrected chi connectivity index (χ2v) is 5.76. The van der Waals surface area contributed by atoms with E-state index in [1.807, 2.05) is 10.8 Å². The summed E-state index contributed by atoms with van der Waals surface area (Å²) >= 11 is 0. The van der Waals surface area contributed by atoms with E-state index in [9.17, 15) is 17.6 Å². The largest absolute Gasteiger partial charge is 0.487 e. The molecule has 4 nitrogen and oxygen atoms in total. The van der Waals surface area contributed by atoms with Crippen molar-refractivity contribution in [1.29, 1.82) is 0 Å². The Labute approximate surface area is 147 Å². The van der Waals surface area contributed by atoms with Gasteiger partial charge in [0.05, 0.1) is 0 Å². The lowest BCUT2D eigenvalue weighted by Gasteiger charge is -2.32. The number of nitrogens with zero attached hydrogens (tertiary/aromatic N) is 3. The van der Waals surface area contributed by atoms with Gasteiger partial charge in [-0.1, -0.05) is 12.1 Å². The normalized spacial score (nSPS) is 15.3. The summed E-state index contributed by atoms with van der Waals surface area (Å²) in [4.78, 5) is 1.95. The smallest absolute Gasteiger partial charge is 0.458 e. The van der Waals surface area contributed by atoms with E-state index in [4.69, 9.17) is 4.74 Å². The van der Waals surface area contributed by atoms with Crippen LogP contribution < -0.4 is 9.64 Å².